The lowest BCUT2D eigenvalue weighted by atomic mass is 10.1. The number of aryl methyl sites for hydroxylation is 2. The number of aromatic hydroxyl groups is 1. The molecule has 166 valence electrons. The topological polar surface area (TPSA) is 113 Å². The molecule has 8 heteroatoms. The van der Waals surface area contributed by atoms with Crippen molar-refractivity contribution < 1.29 is 23.1 Å². The number of sulfone groups is 1. The molecule has 0 aliphatic rings. The fraction of sp³-hybridized carbons (Fsp3) is 0.167. The van der Waals surface area contributed by atoms with Crippen molar-refractivity contribution >= 4 is 33.0 Å². The summed E-state index contributed by atoms with van der Waals surface area (Å²) in [4.78, 5) is 24.9. The number of phenolic OH excluding ortho intramolecular Hbond substituents is 1. The second-order valence-corrected chi connectivity index (χ2v) is 9.81. The van der Waals surface area contributed by atoms with Crippen molar-refractivity contribution in [2.45, 2.75) is 30.9 Å². The summed E-state index contributed by atoms with van der Waals surface area (Å²) in [5.74, 6) is -1.39. The fourth-order valence-electron chi connectivity index (χ4n) is 2.93. The minimum Gasteiger partial charge on any atom is -0.506 e. The summed E-state index contributed by atoms with van der Waals surface area (Å²) in [5.41, 5.74) is 2.72. The van der Waals surface area contributed by atoms with E-state index in [1.807, 2.05) is 13.8 Å². The molecule has 1 unspecified atom stereocenters. The molecule has 0 radical (unpaired) electrons. The molecule has 0 bridgehead atoms. The van der Waals surface area contributed by atoms with E-state index in [9.17, 15) is 23.1 Å². The molecule has 3 aromatic carbocycles. The summed E-state index contributed by atoms with van der Waals surface area (Å²) in [5, 5.41) is 14.0. The SMILES string of the molecule is Cc1ccc(C(=O)Nc2ccc(NC(=O)C(C)S(=O)(=O)c3ccc(C)cc3)cc2O)cc1. The van der Waals surface area contributed by atoms with E-state index in [1.54, 1.807) is 36.4 Å². The highest BCUT2D eigenvalue weighted by Crippen LogP contribution is 2.28. The zero-order valence-corrected chi connectivity index (χ0v) is 18.7. The van der Waals surface area contributed by atoms with Crippen LogP contribution in [-0.4, -0.2) is 30.6 Å². The summed E-state index contributed by atoms with van der Waals surface area (Å²) >= 11 is 0. The van der Waals surface area contributed by atoms with Crippen LogP contribution in [0.15, 0.2) is 71.6 Å². The molecule has 0 heterocycles. The maximum atomic E-state index is 12.7. The van der Waals surface area contributed by atoms with Gasteiger partial charge in [-0.2, -0.15) is 0 Å². The van der Waals surface area contributed by atoms with Crippen LogP contribution in [0.1, 0.15) is 28.4 Å². The van der Waals surface area contributed by atoms with Gasteiger partial charge in [0.15, 0.2) is 9.84 Å². The number of rotatable bonds is 6. The number of phenols is 1. The molecule has 0 aliphatic heterocycles. The van der Waals surface area contributed by atoms with Gasteiger partial charge in [0.2, 0.25) is 5.91 Å². The Morgan fingerprint density at radius 3 is 1.97 bits per heavy atom. The predicted octanol–water partition coefficient (Wildman–Crippen LogP) is 4.06. The molecule has 2 amide bonds. The van der Waals surface area contributed by atoms with Gasteiger partial charge in [-0.25, -0.2) is 8.42 Å². The second kappa shape index (κ2) is 9.23. The predicted molar refractivity (Wildman–Crippen MR) is 124 cm³/mol. The normalized spacial score (nSPS) is 12.1. The number of hydrogen-bond donors (Lipinski definition) is 3. The van der Waals surface area contributed by atoms with Crippen LogP contribution in [0.25, 0.3) is 0 Å². The molecule has 0 spiro atoms. The molecule has 3 N–H and O–H groups in total. The zero-order valence-electron chi connectivity index (χ0n) is 17.9. The van der Waals surface area contributed by atoms with Gasteiger partial charge in [0.25, 0.3) is 5.91 Å². The summed E-state index contributed by atoms with van der Waals surface area (Å²) in [6.45, 7) is 5.06. The van der Waals surface area contributed by atoms with E-state index in [0.717, 1.165) is 11.1 Å². The van der Waals surface area contributed by atoms with Crippen LogP contribution >= 0.6 is 0 Å². The highest BCUT2D eigenvalue weighted by atomic mass is 32.2. The van der Waals surface area contributed by atoms with Gasteiger partial charge in [-0.15, -0.1) is 0 Å². The number of carbonyl (C=O) groups is 2. The van der Waals surface area contributed by atoms with Gasteiger partial charge in [-0.05, 0) is 57.2 Å². The first-order chi connectivity index (χ1) is 15.1. The molecule has 0 saturated heterocycles. The third-order valence-corrected chi connectivity index (χ3v) is 7.09. The molecule has 0 fully saturated rings. The average molecular weight is 453 g/mol. The lowest BCUT2D eigenvalue weighted by molar-refractivity contribution is -0.115. The maximum Gasteiger partial charge on any atom is 0.255 e. The van der Waals surface area contributed by atoms with Crippen LogP contribution in [-0.2, 0) is 14.6 Å². The van der Waals surface area contributed by atoms with Crippen molar-refractivity contribution in [3.8, 4) is 5.75 Å². The summed E-state index contributed by atoms with van der Waals surface area (Å²) in [6, 6.07) is 17.4. The Morgan fingerprint density at radius 1 is 0.844 bits per heavy atom. The third-order valence-electron chi connectivity index (χ3n) is 5.01. The van der Waals surface area contributed by atoms with Crippen LogP contribution in [0.4, 0.5) is 11.4 Å². The van der Waals surface area contributed by atoms with Crippen LogP contribution in [0.5, 0.6) is 5.75 Å². The minimum absolute atomic E-state index is 0.0581. The van der Waals surface area contributed by atoms with Crippen molar-refractivity contribution in [1.82, 2.24) is 0 Å². The van der Waals surface area contributed by atoms with Gasteiger partial charge in [0.1, 0.15) is 11.0 Å². The van der Waals surface area contributed by atoms with E-state index in [-0.39, 0.29) is 22.0 Å². The molecular formula is C24H24N2O5S. The average Bonchev–Trinajstić information content (AvgIpc) is 2.75. The van der Waals surface area contributed by atoms with Crippen LogP contribution in [0.3, 0.4) is 0 Å². The molecule has 7 nitrogen and oxygen atoms in total. The molecule has 32 heavy (non-hydrogen) atoms. The van der Waals surface area contributed by atoms with Gasteiger partial charge in [0, 0.05) is 17.3 Å². The van der Waals surface area contributed by atoms with Gasteiger partial charge < -0.3 is 15.7 Å². The lowest BCUT2D eigenvalue weighted by Gasteiger charge is -2.15. The molecular weight excluding hydrogens is 428 g/mol. The Labute approximate surface area is 187 Å². The molecule has 0 aliphatic carbocycles. The smallest absolute Gasteiger partial charge is 0.255 e. The Kier molecular flexibility index (Phi) is 6.64. The van der Waals surface area contributed by atoms with Crippen molar-refractivity contribution in [3.05, 3.63) is 83.4 Å². The van der Waals surface area contributed by atoms with E-state index in [2.05, 4.69) is 10.6 Å². The van der Waals surface area contributed by atoms with Crippen LogP contribution < -0.4 is 10.6 Å². The first-order valence-electron chi connectivity index (χ1n) is 9.90. The Bertz CT molecular complexity index is 1250. The van der Waals surface area contributed by atoms with E-state index < -0.39 is 26.9 Å². The van der Waals surface area contributed by atoms with Crippen molar-refractivity contribution in [2.24, 2.45) is 0 Å². The van der Waals surface area contributed by atoms with Crippen molar-refractivity contribution in [1.29, 1.82) is 0 Å². The summed E-state index contributed by atoms with van der Waals surface area (Å²) in [6.07, 6.45) is 0. The second-order valence-electron chi connectivity index (χ2n) is 7.54. The number of benzene rings is 3. The number of carbonyl (C=O) groups excluding carboxylic acids is 2. The summed E-state index contributed by atoms with van der Waals surface area (Å²) < 4.78 is 25.4. The number of nitrogens with one attached hydrogen (secondary N) is 2. The van der Waals surface area contributed by atoms with E-state index in [0.29, 0.717) is 5.56 Å². The van der Waals surface area contributed by atoms with Crippen LogP contribution in [0.2, 0.25) is 0 Å². The lowest BCUT2D eigenvalue weighted by Crippen LogP contribution is -2.32. The fourth-order valence-corrected chi connectivity index (χ4v) is 4.20. The standard InChI is InChI=1S/C24H24N2O5S/c1-15-4-8-18(9-5-15)24(29)26-21-13-10-19(14-22(21)27)25-23(28)17(3)32(30,31)20-11-6-16(2)7-12-20/h4-14,17,27H,1-3H3,(H,25,28)(H,26,29). The van der Waals surface area contributed by atoms with E-state index >= 15 is 0 Å². The molecule has 0 aromatic heterocycles. The highest BCUT2D eigenvalue weighted by Gasteiger charge is 2.29. The third kappa shape index (κ3) is 5.15. The van der Waals surface area contributed by atoms with Gasteiger partial charge >= 0.3 is 0 Å². The van der Waals surface area contributed by atoms with Crippen LogP contribution in [0, 0.1) is 13.8 Å². The minimum atomic E-state index is -3.87. The molecule has 0 saturated carbocycles. The Morgan fingerprint density at radius 2 is 1.41 bits per heavy atom. The quantitative estimate of drug-likeness (QED) is 0.488. The molecule has 1 atom stereocenters. The largest absolute Gasteiger partial charge is 0.506 e. The maximum absolute atomic E-state index is 12.7. The number of hydrogen-bond acceptors (Lipinski definition) is 5. The Balaban J connectivity index is 1.70. The summed E-state index contributed by atoms with van der Waals surface area (Å²) in [7, 11) is -3.87. The zero-order chi connectivity index (χ0) is 23.5. The Hall–Kier alpha value is -3.65. The molecule has 3 rings (SSSR count). The van der Waals surface area contributed by atoms with E-state index in [1.165, 1.54) is 37.3 Å². The van der Waals surface area contributed by atoms with Gasteiger partial charge in [-0.1, -0.05) is 35.4 Å². The first-order valence-corrected chi connectivity index (χ1v) is 11.4. The van der Waals surface area contributed by atoms with E-state index in [4.69, 9.17) is 0 Å². The van der Waals surface area contributed by atoms with Crippen molar-refractivity contribution in [2.75, 3.05) is 10.6 Å². The molecule has 3 aromatic rings. The number of amides is 2. The van der Waals surface area contributed by atoms with Gasteiger partial charge in [0.05, 0.1) is 10.6 Å². The number of anilines is 2. The van der Waals surface area contributed by atoms with Gasteiger partial charge in [-0.3, -0.25) is 9.59 Å². The first kappa shape index (κ1) is 23.0. The van der Waals surface area contributed by atoms with Crippen molar-refractivity contribution in [3.63, 3.8) is 0 Å². The monoisotopic (exact) mass is 452 g/mol. The highest BCUT2D eigenvalue weighted by molar-refractivity contribution is 7.92.